The second-order valence-corrected chi connectivity index (χ2v) is 15.0. The van der Waals surface area contributed by atoms with Crippen LogP contribution in [0.15, 0.2) is 42.5 Å². The van der Waals surface area contributed by atoms with Gasteiger partial charge in [-0.05, 0) is 43.3 Å². The Morgan fingerprint density at radius 1 is 1.06 bits per heavy atom. The summed E-state index contributed by atoms with van der Waals surface area (Å²) >= 11 is 1.52. The Labute approximate surface area is 192 Å². The number of benzene rings is 1. The minimum Gasteiger partial charge on any atom is -0.381 e. The third-order valence-electron chi connectivity index (χ3n) is 5.27. The van der Waals surface area contributed by atoms with Gasteiger partial charge in [0.2, 0.25) is 0 Å². The van der Waals surface area contributed by atoms with Gasteiger partial charge in [-0.15, -0.1) is 16.9 Å². The average molecular weight is 457 g/mol. The normalized spacial score (nSPS) is 16.0. The molecule has 5 nitrogen and oxygen atoms in total. The van der Waals surface area contributed by atoms with E-state index in [9.17, 15) is 4.79 Å². The van der Waals surface area contributed by atoms with Gasteiger partial charge in [0.25, 0.3) is 5.91 Å². The van der Waals surface area contributed by atoms with Gasteiger partial charge in [0, 0.05) is 28.1 Å². The standard InChI is InChI=1S/C25H24N4OSSi/c1-15-14-26-23-22-17-8-9-20(19-7-5-6-16(28-19)12-13-32(2,3)4)29-18(17)10-11-21(22)31-24(23)25(30)27-15/h5-11,15,26H,14H2,1-4H3,(H,27,30)/t15-/m1/s1. The number of nitrogens with one attached hydrogen (secondary N) is 2. The van der Waals surface area contributed by atoms with Crippen LogP contribution < -0.4 is 10.6 Å². The number of thiophene rings is 1. The van der Waals surface area contributed by atoms with E-state index in [-0.39, 0.29) is 11.9 Å². The van der Waals surface area contributed by atoms with E-state index in [2.05, 4.69) is 53.9 Å². The molecule has 0 bridgehead atoms. The first-order chi connectivity index (χ1) is 15.3. The van der Waals surface area contributed by atoms with Gasteiger partial charge in [0.15, 0.2) is 0 Å². The van der Waals surface area contributed by atoms with Crippen molar-refractivity contribution in [3.05, 3.63) is 53.0 Å². The van der Waals surface area contributed by atoms with Crippen molar-refractivity contribution in [1.29, 1.82) is 0 Å². The van der Waals surface area contributed by atoms with Crippen molar-refractivity contribution in [2.45, 2.75) is 32.6 Å². The van der Waals surface area contributed by atoms with E-state index in [0.717, 1.165) is 48.6 Å². The number of amides is 1. The van der Waals surface area contributed by atoms with Crippen molar-refractivity contribution in [3.63, 3.8) is 0 Å². The van der Waals surface area contributed by atoms with Crippen LogP contribution in [-0.4, -0.2) is 36.5 Å². The third-order valence-corrected chi connectivity index (χ3v) is 7.30. The molecule has 3 aromatic heterocycles. The summed E-state index contributed by atoms with van der Waals surface area (Å²) in [6.07, 6.45) is 0. The Morgan fingerprint density at radius 3 is 2.69 bits per heavy atom. The Morgan fingerprint density at radius 2 is 1.88 bits per heavy atom. The largest absolute Gasteiger partial charge is 0.381 e. The molecule has 0 saturated carbocycles. The number of nitrogens with zero attached hydrogens (tertiary/aromatic N) is 2. The smallest absolute Gasteiger partial charge is 0.263 e. The van der Waals surface area contributed by atoms with Gasteiger partial charge < -0.3 is 10.6 Å². The fourth-order valence-electron chi connectivity index (χ4n) is 3.77. The lowest BCUT2D eigenvalue weighted by atomic mass is 10.1. The molecule has 1 atom stereocenters. The molecule has 5 rings (SSSR count). The van der Waals surface area contributed by atoms with Gasteiger partial charge >= 0.3 is 0 Å². The van der Waals surface area contributed by atoms with E-state index < -0.39 is 8.07 Å². The molecule has 4 heterocycles. The van der Waals surface area contributed by atoms with E-state index in [1.54, 1.807) is 0 Å². The third kappa shape index (κ3) is 3.88. The topological polar surface area (TPSA) is 66.9 Å². The molecule has 0 saturated heterocycles. The minimum absolute atomic E-state index is 0.0168. The van der Waals surface area contributed by atoms with Crippen LogP contribution in [-0.2, 0) is 0 Å². The molecule has 1 aliphatic heterocycles. The van der Waals surface area contributed by atoms with Crippen molar-refractivity contribution in [1.82, 2.24) is 15.3 Å². The number of hydrogen-bond acceptors (Lipinski definition) is 5. The minimum atomic E-state index is -1.47. The predicted molar refractivity (Wildman–Crippen MR) is 136 cm³/mol. The molecule has 0 spiro atoms. The van der Waals surface area contributed by atoms with Crippen LogP contribution in [0.5, 0.6) is 0 Å². The number of fused-ring (bicyclic) bond motifs is 5. The Balaban J connectivity index is 1.61. The Kier molecular flexibility index (Phi) is 4.99. The fourth-order valence-corrected chi connectivity index (χ4v) is 5.37. The molecule has 7 heteroatoms. The molecular formula is C25H24N4OSSi. The lowest BCUT2D eigenvalue weighted by Crippen LogP contribution is -2.34. The molecular weight excluding hydrogens is 432 g/mol. The first-order valence-electron chi connectivity index (χ1n) is 10.7. The van der Waals surface area contributed by atoms with Gasteiger partial charge in [-0.1, -0.05) is 31.6 Å². The zero-order valence-electron chi connectivity index (χ0n) is 18.5. The number of carbonyl (C=O) groups excluding carboxylic acids is 1. The molecule has 1 aliphatic rings. The summed E-state index contributed by atoms with van der Waals surface area (Å²) in [6.45, 7) is 9.37. The molecule has 32 heavy (non-hydrogen) atoms. The summed E-state index contributed by atoms with van der Waals surface area (Å²) in [5.41, 5.74) is 7.56. The highest BCUT2D eigenvalue weighted by Gasteiger charge is 2.24. The van der Waals surface area contributed by atoms with E-state index >= 15 is 0 Å². The molecule has 0 radical (unpaired) electrons. The van der Waals surface area contributed by atoms with E-state index in [0.29, 0.717) is 6.54 Å². The molecule has 0 aliphatic carbocycles. The van der Waals surface area contributed by atoms with Gasteiger partial charge in [-0.3, -0.25) is 4.79 Å². The van der Waals surface area contributed by atoms with Crippen molar-refractivity contribution < 1.29 is 4.79 Å². The molecule has 0 fully saturated rings. The first-order valence-corrected chi connectivity index (χ1v) is 15.0. The van der Waals surface area contributed by atoms with Crippen LogP contribution >= 0.6 is 11.3 Å². The SMILES string of the molecule is C[C@@H]1CNc2c(sc3ccc4nc(-c5cccc(C#C[Si](C)(C)C)n5)ccc4c23)C(=O)N1. The fraction of sp³-hybridized carbons (Fsp3) is 0.240. The molecule has 0 unspecified atom stereocenters. The summed E-state index contributed by atoms with van der Waals surface area (Å²) < 4.78 is 1.08. The second kappa shape index (κ2) is 7.73. The average Bonchev–Trinajstić information content (AvgIpc) is 3.08. The van der Waals surface area contributed by atoms with Crippen molar-refractivity contribution in [3.8, 4) is 22.9 Å². The second-order valence-electron chi connectivity index (χ2n) is 9.17. The summed E-state index contributed by atoms with van der Waals surface area (Å²) in [5.74, 6) is 3.21. The lowest BCUT2D eigenvalue weighted by molar-refractivity contribution is 0.0949. The van der Waals surface area contributed by atoms with E-state index in [1.165, 1.54) is 11.3 Å². The van der Waals surface area contributed by atoms with Crippen LogP contribution in [0.3, 0.4) is 0 Å². The quantitative estimate of drug-likeness (QED) is 0.302. The molecule has 1 amide bonds. The van der Waals surface area contributed by atoms with Crippen molar-refractivity contribution in [2.24, 2.45) is 0 Å². The highest BCUT2D eigenvalue weighted by atomic mass is 32.1. The van der Waals surface area contributed by atoms with Gasteiger partial charge in [0.1, 0.15) is 18.6 Å². The van der Waals surface area contributed by atoms with Gasteiger partial charge in [-0.25, -0.2) is 9.97 Å². The zero-order chi connectivity index (χ0) is 22.5. The maximum atomic E-state index is 12.6. The molecule has 160 valence electrons. The number of aromatic nitrogens is 2. The monoisotopic (exact) mass is 456 g/mol. The summed E-state index contributed by atoms with van der Waals surface area (Å²) in [7, 11) is -1.47. The number of carbonyl (C=O) groups is 1. The van der Waals surface area contributed by atoms with E-state index in [1.807, 2.05) is 37.3 Å². The lowest BCUT2D eigenvalue weighted by Gasteiger charge is -2.10. The number of rotatable bonds is 1. The van der Waals surface area contributed by atoms with Crippen LogP contribution in [0.1, 0.15) is 22.3 Å². The summed E-state index contributed by atoms with van der Waals surface area (Å²) in [6, 6.07) is 14.1. The zero-order valence-corrected chi connectivity index (χ0v) is 20.4. The first kappa shape index (κ1) is 20.7. The Hall–Kier alpha value is -3.21. The van der Waals surface area contributed by atoms with Gasteiger partial charge in [0.05, 0.1) is 22.6 Å². The summed E-state index contributed by atoms with van der Waals surface area (Å²) in [4.78, 5) is 23.0. The molecule has 2 N–H and O–H groups in total. The number of anilines is 1. The van der Waals surface area contributed by atoms with Crippen LogP contribution in [0.2, 0.25) is 19.6 Å². The van der Waals surface area contributed by atoms with Crippen LogP contribution in [0.25, 0.3) is 32.4 Å². The van der Waals surface area contributed by atoms with Crippen LogP contribution in [0, 0.1) is 11.5 Å². The molecule has 4 aromatic rings. The predicted octanol–water partition coefficient (Wildman–Crippen LogP) is 5.28. The number of pyridine rings is 2. The number of hydrogen-bond donors (Lipinski definition) is 2. The maximum absolute atomic E-state index is 12.6. The molecule has 1 aromatic carbocycles. The van der Waals surface area contributed by atoms with Gasteiger partial charge in [-0.2, -0.15) is 0 Å². The van der Waals surface area contributed by atoms with E-state index in [4.69, 9.17) is 9.97 Å². The van der Waals surface area contributed by atoms with Crippen molar-refractivity contribution in [2.75, 3.05) is 11.9 Å². The summed E-state index contributed by atoms with van der Waals surface area (Å²) in [5, 5.41) is 8.61. The van der Waals surface area contributed by atoms with Crippen LogP contribution in [0.4, 0.5) is 5.69 Å². The highest BCUT2D eigenvalue weighted by Crippen LogP contribution is 2.41. The van der Waals surface area contributed by atoms with Crippen molar-refractivity contribution >= 4 is 52.0 Å². The maximum Gasteiger partial charge on any atom is 0.263 e. The highest BCUT2D eigenvalue weighted by molar-refractivity contribution is 7.21. The Bertz CT molecular complexity index is 1440.